The maximum atomic E-state index is 10.8. The largest absolute Gasteiger partial charge is 0.331 e. The summed E-state index contributed by atoms with van der Waals surface area (Å²) in [5.41, 5.74) is 0. The molecule has 2 amide bonds. The molecule has 0 saturated carbocycles. The summed E-state index contributed by atoms with van der Waals surface area (Å²) in [5, 5.41) is 2.60. The van der Waals surface area contributed by atoms with E-state index in [1.54, 1.807) is 21.0 Å². The highest BCUT2D eigenvalue weighted by Crippen LogP contribution is 1.73. The molecule has 0 aliphatic carbocycles. The third-order valence-electron chi connectivity index (χ3n) is 0.911. The summed E-state index contributed by atoms with van der Waals surface area (Å²) in [6, 6.07) is -0.109. The Balaban J connectivity index is 3.47. The molecule has 0 aromatic rings. The van der Waals surface area contributed by atoms with Gasteiger partial charge in [0.1, 0.15) is 0 Å². The minimum absolute atomic E-state index is 0.109. The molecule has 10 heavy (non-hydrogen) atoms. The van der Waals surface area contributed by atoms with Crippen LogP contribution in [-0.4, -0.2) is 31.6 Å². The fraction of sp³-hybridized carbons (Fsp3) is 0.571. The van der Waals surface area contributed by atoms with Crippen molar-refractivity contribution in [1.82, 2.24) is 10.2 Å². The van der Waals surface area contributed by atoms with Crippen LogP contribution >= 0.6 is 0 Å². The number of hydrogen-bond donors (Lipinski definition) is 1. The smallest absolute Gasteiger partial charge is 0.317 e. The molecule has 0 saturated heterocycles. The summed E-state index contributed by atoms with van der Waals surface area (Å²) in [6.07, 6.45) is 0. The number of hydrogen-bond acceptors (Lipinski definition) is 1. The Morgan fingerprint density at radius 1 is 1.60 bits per heavy atom. The Bertz CT molecular complexity index is 164. The SMILES string of the molecule is CC#CCNC(=O)N(C)C. The Labute approximate surface area is 61.4 Å². The van der Waals surface area contributed by atoms with Gasteiger partial charge >= 0.3 is 6.03 Å². The molecule has 0 aliphatic heterocycles. The van der Waals surface area contributed by atoms with E-state index in [1.165, 1.54) is 4.90 Å². The molecule has 3 heteroatoms. The quantitative estimate of drug-likeness (QED) is 0.521. The lowest BCUT2D eigenvalue weighted by molar-refractivity contribution is 0.219. The molecule has 0 radical (unpaired) electrons. The fourth-order valence-electron chi connectivity index (χ4n) is 0.366. The second kappa shape index (κ2) is 4.68. The summed E-state index contributed by atoms with van der Waals surface area (Å²) in [4.78, 5) is 12.2. The Morgan fingerprint density at radius 3 is 2.60 bits per heavy atom. The third-order valence-corrected chi connectivity index (χ3v) is 0.911. The number of nitrogens with zero attached hydrogens (tertiary/aromatic N) is 1. The molecule has 56 valence electrons. The lowest BCUT2D eigenvalue weighted by atomic mass is 10.6. The lowest BCUT2D eigenvalue weighted by Crippen LogP contribution is -2.34. The zero-order valence-corrected chi connectivity index (χ0v) is 6.56. The van der Waals surface area contributed by atoms with Crippen LogP contribution in [0.3, 0.4) is 0 Å². The first-order chi connectivity index (χ1) is 4.68. The number of carbonyl (C=O) groups is 1. The average molecular weight is 140 g/mol. The van der Waals surface area contributed by atoms with Crippen LogP contribution < -0.4 is 5.32 Å². The van der Waals surface area contributed by atoms with Gasteiger partial charge in [-0.3, -0.25) is 0 Å². The molecule has 0 aromatic carbocycles. The first kappa shape index (κ1) is 8.83. The highest BCUT2D eigenvalue weighted by molar-refractivity contribution is 5.73. The van der Waals surface area contributed by atoms with Crippen LogP contribution in [0.2, 0.25) is 0 Å². The second-order valence-electron chi connectivity index (χ2n) is 1.98. The third kappa shape index (κ3) is 3.79. The predicted molar refractivity (Wildman–Crippen MR) is 40.5 cm³/mol. The van der Waals surface area contributed by atoms with E-state index in [4.69, 9.17) is 0 Å². The van der Waals surface area contributed by atoms with Crippen molar-refractivity contribution in [2.45, 2.75) is 6.92 Å². The Kier molecular flexibility index (Phi) is 4.14. The number of urea groups is 1. The summed E-state index contributed by atoms with van der Waals surface area (Å²) >= 11 is 0. The molecule has 0 unspecified atom stereocenters. The van der Waals surface area contributed by atoms with E-state index in [9.17, 15) is 4.79 Å². The average Bonchev–Trinajstić information content (AvgIpc) is 1.88. The van der Waals surface area contributed by atoms with E-state index in [2.05, 4.69) is 17.2 Å². The van der Waals surface area contributed by atoms with E-state index in [1.807, 2.05) is 0 Å². The molecule has 0 fully saturated rings. The standard InChI is InChI=1S/C7H12N2O/c1-4-5-6-8-7(10)9(2)3/h6H2,1-3H3,(H,8,10). The van der Waals surface area contributed by atoms with Gasteiger partial charge in [0.25, 0.3) is 0 Å². The number of nitrogens with one attached hydrogen (secondary N) is 1. The lowest BCUT2D eigenvalue weighted by Gasteiger charge is -2.08. The van der Waals surface area contributed by atoms with Crippen LogP contribution in [0, 0.1) is 11.8 Å². The highest BCUT2D eigenvalue weighted by Gasteiger charge is 1.97. The molecule has 0 spiro atoms. The first-order valence-electron chi connectivity index (χ1n) is 3.03. The molecule has 0 bridgehead atoms. The number of carbonyl (C=O) groups excluding carboxylic acids is 1. The second-order valence-corrected chi connectivity index (χ2v) is 1.98. The Hall–Kier alpha value is -1.17. The minimum Gasteiger partial charge on any atom is -0.331 e. The van der Waals surface area contributed by atoms with Crippen molar-refractivity contribution >= 4 is 6.03 Å². The van der Waals surface area contributed by atoms with Crippen molar-refractivity contribution in [2.24, 2.45) is 0 Å². The van der Waals surface area contributed by atoms with Crippen LogP contribution in [-0.2, 0) is 0 Å². The highest BCUT2D eigenvalue weighted by atomic mass is 16.2. The molecular weight excluding hydrogens is 128 g/mol. The van der Waals surface area contributed by atoms with Gasteiger partial charge in [-0.15, -0.1) is 5.92 Å². The van der Waals surface area contributed by atoms with E-state index < -0.39 is 0 Å². The monoisotopic (exact) mass is 140 g/mol. The predicted octanol–water partition coefficient (Wildman–Crippen LogP) is 0.281. The molecule has 0 aliphatic rings. The number of rotatable bonds is 1. The Morgan fingerprint density at radius 2 is 2.20 bits per heavy atom. The van der Waals surface area contributed by atoms with Gasteiger partial charge in [-0.05, 0) is 6.92 Å². The normalized spacial score (nSPS) is 7.50. The number of amides is 2. The van der Waals surface area contributed by atoms with Crippen molar-refractivity contribution in [1.29, 1.82) is 0 Å². The van der Waals surface area contributed by atoms with Gasteiger partial charge < -0.3 is 10.2 Å². The van der Waals surface area contributed by atoms with Crippen LogP contribution in [0.5, 0.6) is 0 Å². The van der Waals surface area contributed by atoms with Crippen molar-refractivity contribution in [3.8, 4) is 11.8 Å². The van der Waals surface area contributed by atoms with Gasteiger partial charge in [-0.2, -0.15) is 0 Å². The molecular formula is C7H12N2O. The van der Waals surface area contributed by atoms with E-state index in [0.29, 0.717) is 6.54 Å². The summed E-state index contributed by atoms with van der Waals surface area (Å²) in [7, 11) is 3.38. The molecule has 0 atom stereocenters. The van der Waals surface area contributed by atoms with Gasteiger partial charge in [-0.25, -0.2) is 4.79 Å². The zero-order chi connectivity index (χ0) is 7.98. The maximum absolute atomic E-state index is 10.8. The van der Waals surface area contributed by atoms with E-state index >= 15 is 0 Å². The van der Waals surface area contributed by atoms with Gasteiger partial charge in [0, 0.05) is 14.1 Å². The zero-order valence-electron chi connectivity index (χ0n) is 6.56. The van der Waals surface area contributed by atoms with Gasteiger partial charge in [-0.1, -0.05) is 5.92 Å². The fourth-order valence-corrected chi connectivity index (χ4v) is 0.366. The van der Waals surface area contributed by atoms with Crippen molar-refractivity contribution in [3.63, 3.8) is 0 Å². The molecule has 3 nitrogen and oxygen atoms in total. The van der Waals surface area contributed by atoms with Crippen molar-refractivity contribution < 1.29 is 4.79 Å². The van der Waals surface area contributed by atoms with Crippen LogP contribution in [0.1, 0.15) is 6.92 Å². The maximum Gasteiger partial charge on any atom is 0.317 e. The summed E-state index contributed by atoms with van der Waals surface area (Å²) in [5.74, 6) is 5.40. The first-order valence-corrected chi connectivity index (χ1v) is 3.03. The van der Waals surface area contributed by atoms with Crippen molar-refractivity contribution in [3.05, 3.63) is 0 Å². The molecule has 1 N–H and O–H groups in total. The molecule has 0 rings (SSSR count). The van der Waals surface area contributed by atoms with Crippen LogP contribution in [0.15, 0.2) is 0 Å². The summed E-state index contributed by atoms with van der Waals surface area (Å²) < 4.78 is 0. The van der Waals surface area contributed by atoms with E-state index in [-0.39, 0.29) is 6.03 Å². The van der Waals surface area contributed by atoms with Crippen LogP contribution in [0.4, 0.5) is 4.79 Å². The molecule has 0 heterocycles. The molecule has 0 aromatic heterocycles. The van der Waals surface area contributed by atoms with Crippen LogP contribution in [0.25, 0.3) is 0 Å². The summed E-state index contributed by atoms with van der Waals surface area (Å²) in [6.45, 7) is 2.16. The van der Waals surface area contributed by atoms with Gasteiger partial charge in [0.2, 0.25) is 0 Å². The van der Waals surface area contributed by atoms with Gasteiger partial charge in [0.05, 0.1) is 6.54 Å². The van der Waals surface area contributed by atoms with Gasteiger partial charge in [0.15, 0.2) is 0 Å². The van der Waals surface area contributed by atoms with Crippen molar-refractivity contribution in [2.75, 3.05) is 20.6 Å². The van der Waals surface area contributed by atoms with E-state index in [0.717, 1.165) is 0 Å². The minimum atomic E-state index is -0.109. The topological polar surface area (TPSA) is 32.3 Å².